The predicted molar refractivity (Wildman–Crippen MR) is 63.5 cm³/mol. The Balaban J connectivity index is 2.93. The van der Waals surface area contributed by atoms with E-state index in [1.54, 1.807) is 0 Å². The minimum Gasteiger partial charge on any atom is -0.204 e. The van der Waals surface area contributed by atoms with Crippen LogP contribution < -0.4 is 0 Å². The van der Waals surface area contributed by atoms with E-state index in [-0.39, 0.29) is 5.92 Å². The van der Waals surface area contributed by atoms with Crippen LogP contribution in [0.2, 0.25) is 0 Å². The summed E-state index contributed by atoms with van der Waals surface area (Å²) in [7, 11) is 0. The van der Waals surface area contributed by atoms with Crippen LogP contribution in [0.1, 0.15) is 57.4 Å². The maximum atomic E-state index is 13.1. The monoisotopic (exact) mass is 244 g/mol. The Kier molecular flexibility index (Phi) is 5.52. The SMILES string of the molecule is CCCCC(CCC)c1cc(F)c(F)c(F)c1. The molecule has 3 heteroatoms. The lowest BCUT2D eigenvalue weighted by Gasteiger charge is -2.16. The van der Waals surface area contributed by atoms with Crippen LogP contribution in [0.3, 0.4) is 0 Å². The van der Waals surface area contributed by atoms with Crippen molar-refractivity contribution in [1.82, 2.24) is 0 Å². The van der Waals surface area contributed by atoms with Crippen molar-refractivity contribution in [2.75, 3.05) is 0 Å². The Hall–Kier alpha value is -0.990. The van der Waals surface area contributed by atoms with E-state index in [4.69, 9.17) is 0 Å². The molecule has 0 heterocycles. The molecule has 0 radical (unpaired) electrons. The normalized spacial score (nSPS) is 12.8. The van der Waals surface area contributed by atoms with Gasteiger partial charge in [-0.2, -0.15) is 0 Å². The van der Waals surface area contributed by atoms with Gasteiger partial charge in [-0.15, -0.1) is 0 Å². The van der Waals surface area contributed by atoms with Gasteiger partial charge in [0.05, 0.1) is 0 Å². The van der Waals surface area contributed by atoms with Crippen molar-refractivity contribution >= 4 is 0 Å². The fourth-order valence-electron chi connectivity index (χ4n) is 2.09. The third-order valence-electron chi connectivity index (χ3n) is 3.02. The molecule has 17 heavy (non-hydrogen) atoms. The van der Waals surface area contributed by atoms with E-state index < -0.39 is 17.5 Å². The van der Waals surface area contributed by atoms with Crippen molar-refractivity contribution < 1.29 is 13.2 Å². The van der Waals surface area contributed by atoms with E-state index >= 15 is 0 Å². The number of hydrogen-bond acceptors (Lipinski definition) is 0. The fraction of sp³-hybridized carbons (Fsp3) is 0.571. The molecule has 0 amide bonds. The van der Waals surface area contributed by atoms with E-state index in [0.717, 1.165) is 44.2 Å². The second-order valence-corrected chi connectivity index (χ2v) is 4.43. The molecule has 0 aliphatic carbocycles. The maximum Gasteiger partial charge on any atom is 0.194 e. The molecular weight excluding hydrogens is 225 g/mol. The summed E-state index contributed by atoms with van der Waals surface area (Å²) in [6.45, 7) is 4.12. The lowest BCUT2D eigenvalue weighted by atomic mass is 9.89. The highest BCUT2D eigenvalue weighted by atomic mass is 19.2. The van der Waals surface area contributed by atoms with E-state index in [1.165, 1.54) is 0 Å². The average molecular weight is 244 g/mol. The Morgan fingerprint density at radius 1 is 0.941 bits per heavy atom. The number of hydrogen-bond donors (Lipinski definition) is 0. The average Bonchev–Trinajstić information content (AvgIpc) is 2.31. The van der Waals surface area contributed by atoms with Crippen molar-refractivity contribution in [1.29, 1.82) is 0 Å². The van der Waals surface area contributed by atoms with Gasteiger partial charge in [-0.05, 0) is 36.5 Å². The van der Waals surface area contributed by atoms with Gasteiger partial charge in [0, 0.05) is 0 Å². The third kappa shape index (κ3) is 3.76. The number of rotatable bonds is 6. The fourth-order valence-corrected chi connectivity index (χ4v) is 2.09. The summed E-state index contributed by atoms with van der Waals surface area (Å²) in [5.74, 6) is -3.42. The first kappa shape index (κ1) is 14.1. The summed E-state index contributed by atoms with van der Waals surface area (Å²) >= 11 is 0. The Morgan fingerprint density at radius 3 is 2.00 bits per heavy atom. The molecule has 0 fully saturated rings. The van der Waals surface area contributed by atoms with Crippen LogP contribution in [-0.4, -0.2) is 0 Å². The Labute approximate surface area is 101 Å². The molecule has 0 saturated carbocycles. The zero-order valence-electron chi connectivity index (χ0n) is 10.4. The lowest BCUT2D eigenvalue weighted by Crippen LogP contribution is -2.02. The molecule has 1 aromatic carbocycles. The van der Waals surface area contributed by atoms with Crippen LogP contribution in [-0.2, 0) is 0 Å². The van der Waals surface area contributed by atoms with Crippen LogP contribution in [0.25, 0.3) is 0 Å². The van der Waals surface area contributed by atoms with E-state index in [9.17, 15) is 13.2 Å². The molecule has 0 bridgehead atoms. The van der Waals surface area contributed by atoms with E-state index in [2.05, 4.69) is 6.92 Å². The van der Waals surface area contributed by atoms with E-state index in [1.807, 2.05) is 6.92 Å². The highest BCUT2D eigenvalue weighted by molar-refractivity contribution is 5.23. The lowest BCUT2D eigenvalue weighted by molar-refractivity contribution is 0.440. The second-order valence-electron chi connectivity index (χ2n) is 4.43. The van der Waals surface area contributed by atoms with Gasteiger partial charge < -0.3 is 0 Å². The highest BCUT2D eigenvalue weighted by Crippen LogP contribution is 2.29. The third-order valence-corrected chi connectivity index (χ3v) is 3.02. The molecule has 0 nitrogen and oxygen atoms in total. The topological polar surface area (TPSA) is 0 Å². The zero-order valence-corrected chi connectivity index (χ0v) is 10.4. The first-order valence-electron chi connectivity index (χ1n) is 6.24. The Bertz CT molecular complexity index is 337. The van der Waals surface area contributed by atoms with E-state index in [0.29, 0.717) is 5.56 Å². The molecular formula is C14H19F3. The molecule has 1 atom stereocenters. The van der Waals surface area contributed by atoms with Crippen molar-refractivity contribution in [3.05, 3.63) is 35.1 Å². The minimum absolute atomic E-state index is 0.129. The van der Waals surface area contributed by atoms with Gasteiger partial charge in [-0.3, -0.25) is 0 Å². The molecule has 0 spiro atoms. The predicted octanol–water partition coefficient (Wildman–Crippen LogP) is 5.18. The largest absolute Gasteiger partial charge is 0.204 e. The molecule has 0 N–H and O–H groups in total. The number of halogens is 3. The highest BCUT2D eigenvalue weighted by Gasteiger charge is 2.16. The van der Waals surface area contributed by atoms with Crippen molar-refractivity contribution in [3.8, 4) is 0 Å². The molecule has 1 unspecified atom stereocenters. The molecule has 1 rings (SSSR count). The van der Waals surface area contributed by atoms with Crippen LogP contribution in [0.4, 0.5) is 13.2 Å². The zero-order chi connectivity index (χ0) is 12.8. The van der Waals surface area contributed by atoms with Gasteiger partial charge in [0.2, 0.25) is 0 Å². The van der Waals surface area contributed by atoms with Crippen LogP contribution in [0.5, 0.6) is 0 Å². The van der Waals surface area contributed by atoms with Gasteiger partial charge in [-0.1, -0.05) is 33.1 Å². The molecule has 1 aromatic rings. The standard InChI is InChI=1S/C14H19F3/c1-3-5-7-10(6-4-2)11-8-12(15)14(17)13(16)9-11/h8-10H,3-7H2,1-2H3. The number of unbranched alkanes of at least 4 members (excludes halogenated alkanes) is 1. The quantitative estimate of drug-likeness (QED) is 0.605. The van der Waals surface area contributed by atoms with Crippen LogP contribution in [0, 0.1) is 17.5 Å². The van der Waals surface area contributed by atoms with Gasteiger partial charge >= 0.3 is 0 Å². The summed E-state index contributed by atoms with van der Waals surface area (Å²) in [6.07, 6.45) is 4.80. The van der Waals surface area contributed by atoms with Gasteiger partial charge in [-0.25, -0.2) is 13.2 Å². The number of benzene rings is 1. The van der Waals surface area contributed by atoms with Crippen molar-refractivity contribution in [2.24, 2.45) is 0 Å². The van der Waals surface area contributed by atoms with Gasteiger partial charge in [0.1, 0.15) is 0 Å². The van der Waals surface area contributed by atoms with Crippen LogP contribution in [0.15, 0.2) is 12.1 Å². The summed E-state index contributed by atoms with van der Waals surface area (Å²) in [6, 6.07) is 2.27. The summed E-state index contributed by atoms with van der Waals surface area (Å²) in [5, 5.41) is 0. The molecule has 96 valence electrons. The summed E-state index contributed by atoms with van der Waals surface area (Å²) in [5.41, 5.74) is 0.580. The molecule has 0 saturated heterocycles. The van der Waals surface area contributed by atoms with Crippen molar-refractivity contribution in [3.63, 3.8) is 0 Å². The van der Waals surface area contributed by atoms with Gasteiger partial charge in [0.25, 0.3) is 0 Å². The molecule has 0 aliphatic heterocycles. The van der Waals surface area contributed by atoms with Crippen LogP contribution >= 0.6 is 0 Å². The van der Waals surface area contributed by atoms with Crippen molar-refractivity contribution in [2.45, 2.75) is 51.9 Å². The molecule has 0 aliphatic rings. The smallest absolute Gasteiger partial charge is 0.194 e. The maximum absolute atomic E-state index is 13.1. The summed E-state index contributed by atoms with van der Waals surface area (Å²) in [4.78, 5) is 0. The van der Waals surface area contributed by atoms with Gasteiger partial charge in [0.15, 0.2) is 17.5 Å². The second kappa shape index (κ2) is 6.67. The summed E-state index contributed by atoms with van der Waals surface area (Å²) < 4.78 is 39.2. The molecule has 0 aromatic heterocycles. The Morgan fingerprint density at radius 2 is 1.53 bits per heavy atom. The first-order chi connectivity index (χ1) is 8.10. The minimum atomic E-state index is -1.38. The first-order valence-corrected chi connectivity index (χ1v) is 6.24.